The second-order valence-electron chi connectivity index (χ2n) is 4.99. The van der Waals surface area contributed by atoms with Gasteiger partial charge in [-0.1, -0.05) is 12.8 Å². The second-order valence-corrected chi connectivity index (χ2v) is 4.99. The van der Waals surface area contributed by atoms with Gasteiger partial charge in [0.15, 0.2) is 0 Å². The van der Waals surface area contributed by atoms with Crippen LogP contribution in [0, 0.1) is 12.3 Å². The number of nitrogens with one attached hydrogen (secondary N) is 3. The fourth-order valence-electron chi connectivity index (χ4n) is 1.60. The molecule has 0 spiro atoms. The van der Waals surface area contributed by atoms with Gasteiger partial charge >= 0.3 is 0 Å². The monoisotopic (exact) mass is 287 g/mol. The highest BCUT2D eigenvalue weighted by atomic mass is 16.2. The van der Waals surface area contributed by atoms with Crippen molar-refractivity contribution in [2.24, 2.45) is 0 Å². The maximum absolute atomic E-state index is 11.8. The first-order valence-electron chi connectivity index (χ1n) is 6.79. The number of carbonyl (C=O) groups excluding carboxylic acids is 2. The van der Waals surface area contributed by atoms with E-state index in [0.717, 1.165) is 6.42 Å². The lowest BCUT2D eigenvalue weighted by molar-refractivity contribution is -0.116. The van der Waals surface area contributed by atoms with Crippen LogP contribution < -0.4 is 16.0 Å². The zero-order chi connectivity index (χ0) is 15.9. The molecule has 1 aromatic rings. The van der Waals surface area contributed by atoms with Crippen LogP contribution in [0.15, 0.2) is 24.3 Å². The number of anilines is 2. The Hall–Kier alpha value is -2.32. The number of benzene rings is 1. The van der Waals surface area contributed by atoms with Gasteiger partial charge in [0.2, 0.25) is 11.8 Å². The molecule has 0 saturated carbocycles. The summed E-state index contributed by atoms with van der Waals surface area (Å²) in [6.45, 7) is 5.42. The smallest absolute Gasteiger partial charge is 0.238 e. The van der Waals surface area contributed by atoms with Crippen LogP contribution in [0.5, 0.6) is 0 Å². The average Bonchev–Trinajstić information content (AvgIpc) is 2.46. The summed E-state index contributed by atoms with van der Waals surface area (Å²) in [4.78, 5) is 22.7. The minimum absolute atomic E-state index is 0.135. The average molecular weight is 287 g/mol. The van der Waals surface area contributed by atoms with Gasteiger partial charge < -0.3 is 10.6 Å². The van der Waals surface area contributed by atoms with Crippen molar-refractivity contribution in [3.63, 3.8) is 0 Å². The SMILES string of the molecule is C#C[C@@](C)(CC)NCC(=O)Nc1ccc(NC(C)=O)cc1. The molecule has 1 rings (SSSR count). The molecule has 21 heavy (non-hydrogen) atoms. The molecule has 1 aromatic carbocycles. The van der Waals surface area contributed by atoms with Crippen LogP contribution >= 0.6 is 0 Å². The molecule has 5 heteroatoms. The standard InChI is InChI=1S/C16H21N3O2/c1-5-16(4,6-2)17-11-15(21)19-14-9-7-13(8-10-14)18-12(3)20/h1,7-10,17H,6,11H2,2-4H3,(H,18,20)(H,19,21)/t16-/m0/s1. The summed E-state index contributed by atoms with van der Waals surface area (Å²) < 4.78 is 0. The van der Waals surface area contributed by atoms with Crippen molar-refractivity contribution in [3.8, 4) is 12.3 Å². The number of rotatable bonds is 6. The molecule has 5 nitrogen and oxygen atoms in total. The third kappa shape index (κ3) is 5.67. The zero-order valence-corrected chi connectivity index (χ0v) is 12.6. The summed E-state index contributed by atoms with van der Waals surface area (Å²) in [7, 11) is 0. The van der Waals surface area contributed by atoms with Gasteiger partial charge in [0.1, 0.15) is 0 Å². The zero-order valence-electron chi connectivity index (χ0n) is 12.6. The van der Waals surface area contributed by atoms with E-state index in [9.17, 15) is 9.59 Å². The molecule has 0 fully saturated rings. The fraction of sp³-hybridized carbons (Fsp3) is 0.375. The van der Waals surface area contributed by atoms with Crippen LogP contribution in [0.25, 0.3) is 0 Å². The van der Waals surface area contributed by atoms with Gasteiger partial charge in [-0.15, -0.1) is 6.42 Å². The summed E-state index contributed by atoms with van der Waals surface area (Å²) >= 11 is 0. The van der Waals surface area contributed by atoms with Gasteiger partial charge in [0.25, 0.3) is 0 Å². The van der Waals surface area contributed by atoms with Crippen molar-refractivity contribution in [3.05, 3.63) is 24.3 Å². The highest BCUT2D eigenvalue weighted by Gasteiger charge is 2.18. The molecule has 0 aliphatic carbocycles. The van der Waals surface area contributed by atoms with Crippen molar-refractivity contribution in [1.29, 1.82) is 0 Å². The van der Waals surface area contributed by atoms with Gasteiger partial charge in [-0.3, -0.25) is 14.9 Å². The maximum Gasteiger partial charge on any atom is 0.238 e. The molecule has 1 atom stereocenters. The predicted octanol–water partition coefficient (Wildman–Crippen LogP) is 1.97. The van der Waals surface area contributed by atoms with E-state index in [1.54, 1.807) is 24.3 Å². The van der Waals surface area contributed by atoms with E-state index in [-0.39, 0.29) is 18.4 Å². The van der Waals surface area contributed by atoms with Crippen molar-refractivity contribution < 1.29 is 9.59 Å². The third-order valence-corrected chi connectivity index (χ3v) is 3.15. The van der Waals surface area contributed by atoms with E-state index in [4.69, 9.17) is 6.42 Å². The van der Waals surface area contributed by atoms with Gasteiger partial charge in [-0.05, 0) is 37.6 Å². The lowest BCUT2D eigenvalue weighted by Crippen LogP contribution is -2.44. The van der Waals surface area contributed by atoms with E-state index in [2.05, 4.69) is 21.9 Å². The van der Waals surface area contributed by atoms with E-state index >= 15 is 0 Å². The van der Waals surface area contributed by atoms with E-state index < -0.39 is 5.54 Å². The van der Waals surface area contributed by atoms with E-state index in [0.29, 0.717) is 11.4 Å². The Balaban J connectivity index is 2.52. The van der Waals surface area contributed by atoms with E-state index in [1.165, 1.54) is 6.92 Å². The molecule has 2 amide bonds. The van der Waals surface area contributed by atoms with Gasteiger partial charge in [0, 0.05) is 18.3 Å². The largest absolute Gasteiger partial charge is 0.326 e. The summed E-state index contributed by atoms with van der Waals surface area (Å²) in [5.74, 6) is 2.34. The molecule has 0 aromatic heterocycles. The molecule has 0 aliphatic rings. The number of hydrogen-bond donors (Lipinski definition) is 3. The highest BCUT2D eigenvalue weighted by Crippen LogP contribution is 2.13. The Morgan fingerprint density at radius 1 is 1.19 bits per heavy atom. The van der Waals surface area contributed by atoms with Crippen molar-refractivity contribution in [2.45, 2.75) is 32.7 Å². The van der Waals surface area contributed by atoms with E-state index in [1.807, 2.05) is 13.8 Å². The molecular weight excluding hydrogens is 266 g/mol. The summed E-state index contributed by atoms with van der Waals surface area (Å²) in [5.41, 5.74) is 0.867. The fourth-order valence-corrected chi connectivity index (χ4v) is 1.60. The van der Waals surface area contributed by atoms with Gasteiger partial charge in [-0.25, -0.2) is 0 Å². The molecule has 0 unspecified atom stereocenters. The molecule has 112 valence electrons. The molecular formula is C16H21N3O2. The first-order chi connectivity index (χ1) is 9.88. The Morgan fingerprint density at radius 2 is 1.71 bits per heavy atom. The van der Waals surface area contributed by atoms with Crippen molar-refractivity contribution >= 4 is 23.2 Å². The summed E-state index contributed by atoms with van der Waals surface area (Å²) in [6, 6.07) is 6.90. The van der Waals surface area contributed by atoms with Gasteiger partial charge in [-0.2, -0.15) is 0 Å². The molecule has 0 heterocycles. The first-order valence-corrected chi connectivity index (χ1v) is 6.79. The minimum Gasteiger partial charge on any atom is -0.326 e. The molecule has 0 aliphatic heterocycles. The van der Waals surface area contributed by atoms with Crippen LogP contribution in [0.4, 0.5) is 11.4 Å². The molecule has 3 N–H and O–H groups in total. The normalized spacial score (nSPS) is 12.9. The van der Waals surface area contributed by atoms with Crippen LogP contribution in [-0.4, -0.2) is 23.9 Å². The summed E-state index contributed by atoms with van der Waals surface area (Å²) in [6.07, 6.45) is 6.17. The van der Waals surface area contributed by atoms with Crippen molar-refractivity contribution in [2.75, 3.05) is 17.2 Å². The second kappa shape index (κ2) is 7.46. The lowest BCUT2D eigenvalue weighted by Gasteiger charge is -2.23. The molecule has 0 bridgehead atoms. The highest BCUT2D eigenvalue weighted by molar-refractivity contribution is 5.93. The number of hydrogen-bond acceptors (Lipinski definition) is 3. The predicted molar refractivity (Wildman–Crippen MR) is 84.9 cm³/mol. The Labute approximate surface area is 125 Å². The van der Waals surface area contributed by atoms with Crippen LogP contribution in [0.2, 0.25) is 0 Å². The molecule has 0 saturated heterocycles. The quantitative estimate of drug-likeness (QED) is 0.701. The van der Waals surface area contributed by atoms with Crippen LogP contribution in [-0.2, 0) is 9.59 Å². The minimum atomic E-state index is -0.480. The summed E-state index contributed by atoms with van der Waals surface area (Å²) in [5, 5.41) is 8.47. The Kier molecular flexibility index (Phi) is 5.94. The molecule has 0 radical (unpaired) electrons. The van der Waals surface area contributed by atoms with Gasteiger partial charge in [0.05, 0.1) is 12.1 Å². The first kappa shape index (κ1) is 16.7. The third-order valence-electron chi connectivity index (χ3n) is 3.15. The number of amides is 2. The Morgan fingerprint density at radius 3 is 2.14 bits per heavy atom. The topological polar surface area (TPSA) is 70.2 Å². The maximum atomic E-state index is 11.8. The van der Waals surface area contributed by atoms with Crippen molar-refractivity contribution in [1.82, 2.24) is 5.32 Å². The number of carbonyl (C=O) groups is 2. The van der Waals surface area contributed by atoms with Crippen LogP contribution in [0.1, 0.15) is 27.2 Å². The van der Waals surface area contributed by atoms with Crippen LogP contribution in [0.3, 0.4) is 0 Å². The lowest BCUT2D eigenvalue weighted by atomic mass is 10.0. The Bertz CT molecular complexity index is 546. The number of terminal acetylenes is 1.